The number of benzene rings is 1. The fourth-order valence-electron chi connectivity index (χ4n) is 3.31. The Morgan fingerprint density at radius 2 is 1.26 bits per heavy atom. The Kier molecular flexibility index (Phi) is 5.14. The van der Waals surface area contributed by atoms with Gasteiger partial charge in [0, 0.05) is 58.9 Å². The molecule has 2 heterocycles. The number of piperazine rings is 2. The van der Waals surface area contributed by atoms with Crippen molar-refractivity contribution in [3.05, 3.63) is 29.3 Å². The molecule has 2 aliphatic heterocycles. The summed E-state index contributed by atoms with van der Waals surface area (Å²) in [7, 11) is 4.13. The number of anilines is 1. The summed E-state index contributed by atoms with van der Waals surface area (Å²) in [5.41, 5.74) is 0.864. The van der Waals surface area contributed by atoms with Crippen LogP contribution < -0.4 is 4.90 Å². The van der Waals surface area contributed by atoms with Crippen LogP contribution in [0.5, 0.6) is 0 Å². The summed E-state index contributed by atoms with van der Waals surface area (Å²) in [6.07, 6.45) is 0. The highest BCUT2D eigenvalue weighted by Crippen LogP contribution is 2.26. The van der Waals surface area contributed by atoms with Crippen molar-refractivity contribution in [3.8, 4) is 0 Å². The van der Waals surface area contributed by atoms with Crippen LogP contribution >= 0.6 is 0 Å². The summed E-state index contributed by atoms with van der Waals surface area (Å²) >= 11 is 0. The zero-order chi connectivity index (χ0) is 16.4. The number of nitrogens with zero attached hydrogens (tertiary/aromatic N) is 4. The average Bonchev–Trinajstić information content (AvgIpc) is 2.51. The van der Waals surface area contributed by atoms with Crippen molar-refractivity contribution in [3.63, 3.8) is 0 Å². The van der Waals surface area contributed by atoms with Crippen molar-refractivity contribution in [2.24, 2.45) is 0 Å². The van der Waals surface area contributed by atoms with Crippen LogP contribution in [-0.4, -0.2) is 81.2 Å². The van der Waals surface area contributed by atoms with Gasteiger partial charge in [0.15, 0.2) is 0 Å². The van der Waals surface area contributed by atoms with Crippen LogP contribution in [-0.2, 0) is 6.54 Å². The van der Waals surface area contributed by atoms with E-state index >= 15 is 0 Å². The Labute approximate surface area is 137 Å². The molecule has 0 atom stereocenters. The highest BCUT2D eigenvalue weighted by atomic mass is 19.1. The van der Waals surface area contributed by atoms with Gasteiger partial charge in [-0.25, -0.2) is 8.78 Å². The van der Waals surface area contributed by atoms with Gasteiger partial charge in [0.05, 0.1) is 0 Å². The molecule has 0 saturated carbocycles. The first-order valence-electron chi connectivity index (χ1n) is 8.35. The Morgan fingerprint density at radius 1 is 0.783 bits per heavy atom. The second-order valence-electron chi connectivity index (χ2n) is 6.78. The third kappa shape index (κ3) is 4.00. The lowest BCUT2D eigenvalue weighted by molar-refractivity contribution is 0.148. The molecule has 0 aromatic heterocycles. The molecule has 0 aliphatic carbocycles. The van der Waals surface area contributed by atoms with Gasteiger partial charge in [-0.05, 0) is 31.8 Å². The predicted molar refractivity (Wildman–Crippen MR) is 88.8 cm³/mol. The molecule has 3 rings (SSSR count). The van der Waals surface area contributed by atoms with E-state index in [2.05, 4.69) is 21.7 Å². The zero-order valence-electron chi connectivity index (χ0n) is 14.1. The van der Waals surface area contributed by atoms with Gasteiger partial charge in [-0.15, -0.1) is 0 Å². The van der Waals surface area contributed by atoms with E-state index in [1.165, 1.54) is 12.1 Å². The molecule has 2 aliphatic rings. The lowest BCUT2D eigenvalue weighted by Gasteiger charge is -2.35. The minimum Gasteiger partial charge on any atom is -0.364 e. The van der Waals surface area contributed by atoms with Crippen LogP contribution in [0.3, 0.4) is 0 Å². The second kappa shape index (κ2) is 7.11. The first-order valence-corrected chi connectivity index (χ1v) is 8.35. The third-order valence-corrected chi connectivity index (χ3v) is 4.90. The SMILES string of the molecule is CN1CCN(Cc2cc(F)c(N3CCN(C)CC3)c(F)c2)CC1. The summed E-state index contributed by atoms with van der Waals surface area (Å²) in [5, 5.41) is 0. The Bertz CT molecular complexity index is 512. The summed E-state index contributed by atoms with van der Waals surface area (Å²) in [4.78, 5) is 8.52. The summed E-state index contributed by atoms with van der Waals surface area (Å²) < 4.78 is 29.0. The minimum absolute atomic E-state index is 0.139. The van der Waals surface area contributed by atoms with Gasteiger partial charge in [-0.1, -0.05) is 0 Å². The van der Waals surface area contributed by atoms with Crippen molar-refractivity contribution >= 4 is 5.69 Å². The number of likely N-dealkylation sites (N-methyl/N-ethyl adjacent to an activating group) is 2. The molecule has 23 heavy (non-hydrogen) atoms. The summed E-state index contributed by atoms with van der Waals surface area (Å²) in [6, 6.07) is 3.02. The highest BCUT2D eigenvalue weighted by Gasteiger charge is 2.22. The maximum Gasteiger partial charge on any atom is 0.149 e. The molecule has 4 nitrogen and oxygen atoms in total. The predicted octanol–water partition coefficient (Wildman–Crippen LogP) is 1.46. The van der Waals surface area contributed by atoms with Gasteiger partial charge in [0.25, 0.3) is 0 Å². The normalized spacial score (nSPS) is 21.8. The monoisotopic (exact) mass is 324 g/mol. The average molecular weight is 324 g/mol. The molecule has 128 valence electrons. The van der Waals surface area contributed by atoms with Crippen LogP contribution in [0.25, 0.3) is 0 Å². The molecule has 2 fully saturated rings. The van der Waals surface area contributed by atoms with E-state index in [-0.39, 0.29) is 5.69 Å². The molecular formula is C17H26F2N4. The Hall–Kier alpha value is -1.24. The van der Waals surface area contributed by atoms with Crippen molar-refractivity contribution in [2.45, 2.75) is 6.54 Å². The van der Waals surface area contributed by atoms with Gasteiger partial charge in [0.2, 0.25) is 0 Å². The van der Waals surface area contributed by atoms with Crippen molar-refractivity contribution in [1.82, 2.24) is 14.7 Å². The maximum atomic E-state index is 14.5. The third-order valence-electron chi connectivity index (χ3n) is 4.90. The summed E-state index contributed by atoms with van der Waals surface area (Å²) in [5.74, 6) is -0.864. The Morgan fingerprint density at radius 3 is 1.78 bits per heavy atom. The molecule has 1 aromatic carbocycles. The van der Waals surface area contributed by atoms with Gasteiger partial charge < -0.3 is 14.7 Å². The molecular weight excluding hydrogens is 298 g/mol. The van der Waals surface area contributed by atoms with E-state index in [1.807, 2.05) is 11.9 Å². The molecule has 0 radical (unpaired) electrons. The summed E-state index contributed by atoms with van der Waals surface area (Å²) in [6.45, 7) is 7.52. The van der Waals surface area contributed by atoms with Crippen molar-refractivity contribution in [1.29, 1.82) is 0 Å². The lowest BCUT2D eigenvalue weighted by Crippen LogP contribution is -2.45. The fraction of sp³-hybridized carbons (Fsp3) is 0.647. The highest BCUT2D eigenvalue weighted by molar-refractivity contribution is 5.51. The first kappa shape index (κ1) is 16.6. The van der Waals surface area contributed by atoms with Crippen LogP contribution in [0, 0.1) is 11.6 Å². The maximum absolute atomic E-state index is 14.5. The molecule has 1 aromatic rings. The molecule has 0 unspecified atom stereocenters. The molecule has 0 bridgehead atoms. The lowest BCUT2D eigenvalue weighted by atomic mass is 10.1. The van der Waals surface area contributed by atoms with E-state index in [9.17, 15) is 8.78 Å². The van der Waals surface area contributed by atoms with Crippen molar-refractivity contribution in [2.75, 3.05) is 71.4 Å². The van der Waals surface area contributed by atoms with Gasteiger partial charge in [0.1, 0.15) is 17.3 Å². The number of halogens is 2. The van der Waals surface area contributed by atoms with Gasteiger partial charge in [-0.3, -0.25) is 4.90 Å². The van der Waals surface area contributed by atoms with E-state index in [4.69, 9.17) is 0 Å². The number of hydrogen-bond acceptors (Lipinski definition) is 4. The van der Waals surface area contributed by atoms with E-state index in [0.717, 1.165) is 44.8 Å². The van der Waals surface area contributed by atoms with Crippen LogP contribution in [0.15, 0.2) is 12.1 Å². The van der Waals surface area contributed by atoms with E-state index in [0.29, 0.717) is 19.6 Å². The topological polar surface area (TPSA) is 13.0 Å². The fourth-order valence-corrected chi connectivity index (χ4v) is 3.31. The largest absolute Gasteiger partial charge is 0.364 e. The molecule has 6 heteroatoms. The number of rotatable bonds is 3. The second-order valence-corrected chi connectivity index (χ2v) is 6.78. The minimum atomic E-state index is -0.432. The quantitative estimate of drug-likeness (QED) is 0.835. The van der Waals surface area contributed by atoms with Crippen molar-refractivity contribution < 1.29 is 8.78 Å². The molecule has 0 N–H and O–H groups in total. The van der Waals surface area contributed by atoms with E-state index < -0.39 is 11.6 Å². The van der Waals surface area contributed by atoms with Gasteiger partial charge >= 0.3 is 0 Å². The molecule has 0 spiro atoms. The van der Waals surface area contributed by atoms with Crippen LogP contribution in [0.2, 0.25) is 0 Å². The van der Waals surface area contributed by atoms with Crippen LogP contribution in [0.1, 0.15) is 5.56 Å². The molecule has 2 saturated heterocycles. The van der Waals surface area contributed by atoms with Crippen LogP contribution in [0.4, 0.5) is 14.5 Å². The van der Waals surface area contributed by atoms with E-state index in [1.54, 1.807) is 0 Å². The number of hydrogen-bond donors (Lipinski definition) is 0. The first-order chi connectivity index (χ1) is 11.0. The molecule has 0 amide bonds. The Balaban J connectivity index is 1.70. The standard InChI is InChI=1S/C17H26F2N4/c1-20-3-7-22(8-4-20)13-14-11-15(18)17(16(19)12-14)23-9-5-21(2)6-10-23/h11-12H,3-10,13H2,1-2H3. The zero-order valence-corrected chi connectivity index (χ0v) is 14.1. The van der Waals surface area contributed by atoms with Gasteiger partial charge in [-0.2, -0.15) is 0 Å². The smallest absolute Gasteiger partial charge is 0.149 e.